The molecule has 80 valence electrons. The molecule has 6 heteroatoms. The van der Waals surface area contributed by atoms with E-state index in [9.17, 15) is 8.42 Å². The van der Waals surface area contributed by atoms with Crippen LogP contribution in [0.3, 0.4) is 0 Å². The van der Waals surface area contributed by atoms with E-state index in [4.69, 9.17) is 11.6 Å². The van der Waals surface area contributed by atoms with Crippen LogP contribution in [0.5, 0.6) is 0 Å². The van der Waals surface area contributed by atoms with Crippen molar-refractivity contribution in [1.82, 2.24) is 4.72 Å². The van der Waals surface area contributed by atoms with Crippen LogP contribution in [0.25, 0.3) is 0 Å². The van der Waals surface area contributed by atoms with Crippen LogP contribution in [0.15, 0.2) is 0 Å². The fourth-order valence-electron chi connectivity index (χ4n) is 0.773. The zero-order valence-electron chi connectivity index (χ0n) is 7.75. The molecular weight excluding hydrogens is 230 g/mol. The molecule has 0 rings (SSSR count). The second-order valence-electron chi connectivity index (χ2n) is 2.60. The summed E-state index contributed by atoms with van der Waals surface area (Å²) in [5.41, 5.74) is 0. The van der Waals surface area contributed by atoms with Gasteiger partial charge in [-0.05, 0) is 24.9 Å². The Hall–Kier alpha value is 0.550. The molecular formula is C7H16ClNO2S2. The van der Waals surface area contributed by atoms with Crippen LogP contribution in [0, 0.1) is 0 Å². The van der Waals surface area contributed by atoms with Crippen LogP contribution < -0.4 is 4.72 Å². The third kappa shape index (κ3) is 8.87. The number of nitrogens with one attached hydrogen (secondary N) is 1. The summed E-state index contributed by atoms with van der Waals surface area (Å²) < 4.78 is 24.6. The van der Waals surface area contributed by atoms with Gasteiger partial charge in [0.2, 0.25) is 10.0 Å². The fraction of sp³-hybridized carbons (Fsp3) is 1.00. The van der Waals surface area contributed by atoms with Gasteiger partial charge in [0.05, 0.1) is 5.75 Å². The summed E-state index contributed by atoms with van der Waals surface area (Å²) in [5.74, 6) is 1.24. The van der Waals surface area contributed by atoms with Gasteiger partial charge < -0.3 is 0 Å². The van der Waals surface area contributed by atoms with Crippen molar-refractivity contribution in [1.29, 1.82) is 0 Å². The Morgan fingerprint density at radius 1 is 1.38 bits per heavy atom. The molecule has 0 unspecified atom stereocenters. The summed E-state index contributed by atoms with van der Waals surface area (Å²) in [7, 11) is -3.11. The third-order valence-corrected chi connectivity index (χ3v) is 3.94. The van der Waals surface area contributed by atoms with Gasteiger partial charge >= 0.3 is 0 Å². The van der Waals surface area contributed by atoms with Crippen molar-refractivity contribution in [2.75, 3.05) is 30.2 Å². The van der Waals surface area contributed by atoms with E-state index in [1.54, 1.807) is 11.8 Å². The maximum atomic E-state index is 11.1. The number of rotatable bonds is 8. The smallest absolute Gasteiger partial charge is 0.212 e. The first-order valence-electron chi connectivity index (χ1n) is 4.14. The summed E-state index contributed by atoms with van der Waals surface area (Å²) in [6, 6.07) is 0. The Bertz CT molecular complexity index is 207. The first kappa shape index (κ1) is 13.5. The minimum atomic E-state index is -3.11. The van der Waals surface area contributed by atoms with E-state index in [1.807, 2.05) is 6.26 Å². The number of sulfonamides is 1. The highest BCUT2D eigenvalue weighted by Crippen LogP contribution is 1.98. The van der Waals surface area contributed by atoms with Crippen LogP contribution in [-0.2, 0) is 10.0 Å². The van der Waals surface area contributed by atoms with Gasteiger partial charge in [-0.3, -0.25) is 0 Å². The van der Waals surface area contributed by atoms with Crippen LogP contribution >= 0.6 is 23.4 Å². The van der Waals surface area contributed by atoms with E-state index >= 15 is 0 Å². The van der Waals surface area contributed by atoms with Gasteiger partial charge in [0.15, 0.2) is 0 Å². The first-order valence-corrected chi connectivity index (χ1v) is 7.72. The maximum absolute atomic E-state index is 11.1. The number of halogens is 1. The van der Waals surface area contributed by atoms with E-state index in [0.717, 1.165) is 18.6 Å². The molecule has 0 spiro atoms. The van der Waals surface area contributed by atoms with Crippen molar-refractivity contribution in [3.05, 3.63) is 0 Å². The Morgan fingerprint density at radius 2 is 2.08 bits per heavy atom. The number of unbranched alkanes of at least 4 members (excludes halogenated alkanes) is 1. The van der Waals surface area contributed by atoms with Crippen molar-refractivity contribution in [3.8, 4) is 0 Å². The molecule has 0 aliphatic heterocycles. The summed E-state index contributed by atoms with van der Waals surface area (Å²) in [5, 5.41) is 0. The van der Waals surface area contributed by atoms with E-state index in [-0.39, 0.29) is 11.6 Å². The van der Waals surface area contributed by atoms with Gasteiger partial charge in [0.25, 0.3) is 0 Å². The Kier molecular flexibility index (Phi) is 8.24. The minimum Gasteiger partial charge on any atom is -0.215 e. The normalized spacial score (nSPS) is 11.8. The summed E-state index contributed by atoms with van der Waals surface area (Å²) in [6.45, 7) is 0.528. The molecule has 0 heterocycles. The molecule has 0 bridgehead atoms. The topological polar surface area (TPSA) is 46.2 Å². The fourth-order valence-corrected chi connectivity index (χ4v) is 2.68. The van der Waals surface area contributed by atoms with Gasteiger partial charge in [-0.25, -0.2) is 13.1 Å². The van der Waals surface area contributed by atoms with Gasteiger partial charge in [0.1, 0.15) is 0 Å². The van der Waals surface area contributed by atoms with Crippen LogP contribution in [0.2, 0.25) is 0 Å². The van der Waals surface area contributed by atoms with Crippen LogP contribution in [0.1, 0.15) is 12.8 Å². The molecule has 0 aliphatic rings. The second-order valence-corrected chi connectivity index (χ2v) is 5.89. The monoisotopic (exact) mass is 245 g/mol. The number of alkyl halides is 1. The van der Waals surface area contributed by atoms with Gasteiger partial charge in [-0.1, -0.05) is 0 Å². The highest BCUT2D eigenvalue weighted by molar-refractivity contribution is 7.98. The standard InChI is InChI=1S/C7H16ClNO2S2/c1-12-6-3-2-5-9-13(10,11)7-4-8/h9H,2-7H2,1H3. The molecule has 1 N–H and O–H groups in total. The molecule has 0 saturated carbocycles. The molecule has 0 atom stereocenters. The predicted molar refractivity (Wildman–Crippen MR) is 60.1 cm³/mol. The molecule has 0 fully saturated rings. The highest BCUT2D eigenvalue weighted by Gasteiger charge is 2.06. The molecule has 0 aromatic carbocycles. The van der Waals surface area contributed by atoms with E-state index in [2.05, 4.69) is 4.72 Å². The molecule has 0 aromatic rings. The summed E-state index contributed by atoms with van der Waals surface area (Å²) in [6.07, 6.45) is 3.98. The van der Waals surface area contributed by atoms with Crippen LogP contribution in [0.4, 0.5) is 0 Å². The molecule has 0 aromatic heterocycles. The van der Waals surface area contributed by atoms with Crippen molar-refractivity contribution < 1.29 is 8.42 Å². The summed E-state index contributed by atoms with van der Waals surface area (Å²) in [4.78, 5) is 0. The molecule has 13 heavy (non-hydrogen) atoms. The van der Waals surface area contributed by atoms with Crippen molar-refractivity contribution in [2.45, 2.75) is 12.8 Å². The van der Waals surface area contributed by atoms with Crippen molar-refractivity contribution >= 4 is 33.4 Å². The lowest BCUT2D eigenvalue weighted by Crippen LogP contribution is -2.28. The molecule has 0 aliphatic carbocycles. The first-order chi connectivity index (χ1) is 6.12. The van der Waals surface area contributed by atoms with Gasteiger partial charge in [-0.15, -0.1) is 11.6 Å². The molecule has 0 radical (unpaired) electrons. The van der Waals surface area contributed by atoms with E-state index in [1.165, 1.54) is 0 Å². The lowest BCUT2D eigenvalue weighted by atomic mass is 10.3. The Balaban J connectivity index is 3.41. The predicted octanol–water partition coefficient (Wildman–Crippen LogP) is 1.29. The average molecular weight is 246 g/mol. The maximum Gasteiger partial charge on any atom is 0.212 e. The highest BCUT2D eigenvalue weighted by atomic mass is 35.5. The summed E-state index contributed by atoms with van der Waals surface area (Å²) >= 11 is 7.10. The SMILES string of the molecule is CSCCCCNS(=O)(=O)CCCl. The molecule has 0 saturated heterocycles. The number of thioether (sulfide) groups is 1. The van der Waals surface area contributed by atoms with E-state index < -0.39 is 10.0 Å². The minimum absolute atomic E-state index is 0.0110. The largest absolute Gasteiger partial charge is 0.215 e. The van der Waals surface area contributed by atoms with E-state index in [0.29, 0.717) is 6.54 Å². The quantitative estimate of drug-likeness (QED) is 0.518. The molecule has 0 amide bonds. The van der Waals surface area contributed by atoms with Crippen molar-refractivity contribution in [3.63, 3.8) is 0 Å². The average Bonchev–Trinajstić information content (AvgIpc) is 2.04. The third-order valence-electron chi connectivity index (χ3n) is 1.44. The molecule has 3 nitrogen and oxygen atoms in total. The second kappa shape index (κ2) is 7.91. The lowest BCUT2D eigenvalue weighted by molar-refractivity contribution is 0.580. The number of hydrogen-bond acceptors (Lipinski definition) is 3. The zero-order valence-corrected chi connectivity index (χ0v) is 10.1. The Morgan fingerprint density at radius 3 is 2.62 bits per heavy atom. The zero-order chi connectivity index (χ0) is 10.2. The van der Waals surface area contributed by atoms with Crippen molar-refractivity contribution in [2.24, 2.45) is 0 Å². The lowest BCUT2D eigenvalue weighted by Gasteiger charge is -2.03. The van der Waals surface area contributed by atoms with Gasteiger partial charge in [0, 0.05) is 12.4 Å². The number of hydrogen-bond donors (Lipinski definition) is 1. The Labute approximate surface area is 89.7 Å². The van der Waals surface area contributed by atoms with Crippen LogP contribution in [-0.4, -0.2) is 38.6 Å². The van der Waals surface area contributed by atoms with Gasteiger partial charge in [-0.2, -0.15) is 11.8 Å².